The molecule has 134 valence electrons. The van der Waals surface area contributed by atoms with Gasteiger partial charge in [0.05, 0.1) is 0 Å². The van der Waals surface area contributed by atoms with E-state index in [0.717, 1.165) is 12.8 Å². The van der Waals surface area contributed by atoms with Gasteiger partial charge in [0.2, 0.25) is 0 Å². The van der Waals surface area contributed by atoms with Gasteiger partial charge in [0, 0.05) is 11.7 Å². The average molecular weight is 368 g/mol. The van der Waals surface area contributed by atoms with E-state index >= 15 is 0 Å². The standard InChI is InChI=1S/C18H19F3N2OS/c1-13(7-8-14-5-3-2-4-6-14)22-17(25)23-15-9-11-16(12-10-15)24-18(19,20)21/h2-6,9-13H,7-8H2,1H3,(H2,22,23,25)/t13-/m0/s1. The number of hydrogen-bond acceptors (Lipinski definition) is 2. The molecule has 0 heterocycles. The van der Waals surface area contributed by atoms with Crippen LogP contribution in [0.4, 0.5) is 18.9 Å². The maximum Gasteiger partial charge on any atom is 0.573 e. The van der Waals surface area contributed by atoms with Crippen LogP contribution >= 0.6 is 12.2 Å². The van der Waals surface area contributed by atoms with E-state index in [9.17, 15) is 13.2 Å². The molecule has 2 aromatic rings. The van der Waals surface area contributed by atoms with Crippen molar-refractivity contribution in [1.82, 2.24) is 5.32 Å². The smallest absolute Gasteiger partial charge is 0.406 e. The molecule has 0 aromatic heterocycles. The lowest BCUT2D eigenvalue weighted by atomic mass is 10.1. The zero-order valence-electron chi connectivity index (χ0n) is 13.6. The van der Waals surface area contributed by atoms with Crippen LogP contribution in [0.5, 0.6) is 5.75 Å². The van der Waals surface area contributed by atoms with E-state index < -0.39 is 6.36 Å². The fourth-order valence-electron chi connectivity index (χ4n) is 2.23. The van der Waals surface area contributed by atoms with E-state index in [1.54, 1.807) is 0 Å². The molecule has 3 nitrogen and oxygen atoms in total. The van der Waals surface area contributed by atoms with Crippen LogP contribution in [0.25, 0.3) is 0 Å². The molecule has 7 heteroatoms. The topological polar surface area (TPSA) is 33.3 Å². The molecule has 0 saturated heterocycles. The molecular formula is C18H19F3N2OS. The third-order valence-corrected chi connectivity index (χ3v) is 3.65. The minimum absolute atomic E-state index is 0.160. The van der Waals surface area contributed by atoms with Crippen LogP contribution in [-0.4, -0.2) is 17.5 Å². The Morgan fingerprint density at radius 2 is 1.72 bits per heavy atom. The lowest BCUT2D eigenvalue weighted by molar-refractivity contribution is -0.274. The summed E-state index contributed by atoms with van der Waals surface area (Å²) in [5.41, 5.74) is 1.84. The molecule has 0 unspecified atom stereocenters. The summed E-state index contributed by atoms with van der Waals surface area (Å²) >= 11 is 5.23. The predicted octanol–water partition coefficient (Wildman–Crippen LogP) is 4.89. The molecular weight excluding hydrogens is 349 g/mol. The largest absolute Gasteiger partial charge is 0.573 e. The van der Waals surface area contributed by atoms with Crippen LogP contribution < -0.4 is 15.4 Å². The number of benzene rings is 2. The van der Waals surface area contributed by atoms with Crippen molar-refractivity contribution in [1.29, 1.82) is 0 Å². The van der Waals surface area contributed by atoms with Crippen molar-refractivity contribution in [3.05, 3.63) is 60.2 Å². The van der Waals surface area contributed by atoms with Crippen LogP contribution in [-0.2, 0) is 6.42 Å². The van der Waals surface area contributed by atoms with E-state index in [4.69, 9.17) is 12.2 Å². The molecule has 0 amide bonds. The van der Waals surface area contributed by atoms with Gasteiger partial charge in [-0.1, -0.05) is 30.3 Å². The second-order valence-electron chi connectivity index (χ2n) is 5.60. The first-order chi connectivity index (χ1) is 11.8. The maximum atomic E-state index is 12.1. The van der Waals surface area contributed by atoms with Crippen molar-refractivity contribution in [2.75, 3.05) is 5.32 Å². The molecule has 0 spiro atoms. The Hall–Kier alpha value is -2.28. The minimum atomic E-state index is -4.69. The maximum absolute atomic E-state index is 12.1. The Morgan fingerprint density at radius 1 is 1.08 bits per heavy atom. The first-order valence-corrected chi connectivity index (χ1v) is 8.20. The highest BCUT2D eigenvalue weighted by Gasteiger charge is 2.30. The highest BCUT2D eigenvalue weighted by atomic mass is 32.1. The van der Waals surface area contributed by atoms with Gasteiger partial charge < -0.3 is 15.4 Å². The zero-order valence-corrected chi connectivity index (χ0v) is 14.5. The van der Waals surface area contributed by atoms with Crippen molar-refractivity contribution in [2.45, 2.75) is 32.2 Å². The van der Waals surface area contributed by atoms with Crippen molar-refractivity contribution in [3.63, 3.8) is 0 Å². The van der Waals surface area contributed by atoms with E-state index in [1.165, 1.54) is 29.8 Å². The first kappa shape index (κ1) is 19.1. The first-order valence-electron chi connectivity index (χ1n) is 7.79. The number of halogens is 3. The van der Waals surface area contributed by atoms with E-state index in [-0.39, 0.29) is 11.8 Å². The Bertz CT molecular complexity index is 675. The summed E-state index contributed by atoms with van der Waals surface area (Å²) < 4.78 is 40.2. The SMILES string of the molecule is C[C@@H](CCc1ccccc1)NC(=S)Nc1ccc(OC(F)(F)F)cc1. The predicted molar refractivity (Wildman–Crippen MR) is 96.7 cm³/mol. The second-order valence-corrected chi connectivity index (χ2v) is 6.00. The van der Waals surface area contributed by atoms with Gasteiger partial charge in [-0.05, 0) is 61.8 Å². The van der Waals surface area contributed by atoms with Gasteiger partial charge >= 0.3 is 6.36 Å². The van der Waals surface area contributed by atoms with Crippen molar-refractivity contribution in [2.24, 2.45) is 0 Å². The molecule has 25 heavy (non-hydrogen) atoms. The minimum Gasteiger partial charge on any atom is -0.406 e. The molecule has 0 fully saturated rings. The molecule has 2 N–H and O–H groups in total. The molecule has 0 saturated carbocycles. The highest BCUT2D eigenvalue weighted by molar-refractivity contribution is 7.80. The number of aryl methyl sites for hydroxylation is 1. The second kappa shape index (κ2) is 8.71. The molecule has 0 aliphatic carbocycles. The molecule has 0 radical (unpaired) electrons. The Balaban J connectivity index is 1.77. The summed E-state index contributed by atoms with van der Waals surface area (Å²) in [6, 6.07) is 15.7. The Morgan fingerprint density at radius 3 is 2.32 bits per heavy atom. The summed E-state index contributed by atoms with van der Waals surface area (Å²) in [4.78, 5) is 0. The van der Waals surface area contributed by atoms with E-state index in [2.05, 4.69) is 27.5 Å². The third-order valence-electron chi connectivity index (χ3n) is 3.43. The molecule has 2 rings (SSSR count). The Labute approximate surface area is 150 Å². The van der Waals surface area contributed by atoms with Crippen molar-refractivity contribution >= 4 is 23.0 Å². The monoisotopic (exact) mass is 368 g/mol. The number of rotatable bonds is 6. The van der Waals surface area contributed by atoms with Gasteiger partial charge in [-0.2, -0.15) is 0 Å². The number of hydrogen-bond donors (Lipinski definition) is 2. The number of anilines is 1. The number of alkyl halides is 3. The van der Waals surface area contributed by atoms with Crippen LogP contribution in [0.2, 0.25) is 0 Å². The summed E-state index contributed by atoms with van der Waals surface area (Å²) in [5, 5.41) is 6.53. The van der Waals surface area contributed by atoms with Crippen molar-refractivity contribution < 1.29 is 17.9 Å². The van der Waals surface area contributed by atoms with Gasteiger partial charge in [-0.25, -0.2) is 0 Å². The van der Waals surface area contributed by atoms with Gasteiger partial charge in [-0.15, -0.1) is 13.2 Å². The molecule has 0 bridgehead atoms. The fourth-order valence-corrected chi connectivity index (χ4v) is 2.55. The summed E-state index contributed by atoms with van der Waals surface area (Å²) in [7, 11) is 0. The van der Waals surface area contributed by atoms with Gasteiger partial charge in [0.15, 0.2) is 5.11 Å². The number of thiocarbonyl (C=S) groups is 1. The third kappa shape index (κ3) is 7.43. The number of ether oxygens (including phenoxy) is 1. The van der Waals surface area contributed by atoms with Crippen LogP contribution in [0.1, 0.15) is 18.9 Å². The van der Waals surface area contributed by atoms with Gasteiger partial charge in [-0.3, -0.25) is 0 Å². The highest BCUT2D eigenvalue weighted by Crippen LogP contribution is 2.23. The van der Waals surface area contributed by atoms with E-state index in [0.29, 0.717) is 10.8 Å². The average Bonchev–Trinajstić information content (AvgIpc) is 2.54. The lowest BCUT2D eigenvalue weighted by Gasteiger charge is -2.17. The summed E-state index contributed by atoms with van der Waals surface area (Å²) in [6.45, 7) is 2.02. The van der Waals surface area contributed by atoms with Crippen LogP contribution in [0.3, 0.4) is 0 Å². The summed E-state index contributed by atoms with van der Waals surface area (Å²) in [6.07, 6.45) is -2.86. The fraction of sp³-hybridized carbons (Fsp3) is 0.278. The van der Waals surface area contributed by atoms with Crippen molar-refractivity contribution in [3.8, 4) is 5.75 Å². The zero-order chi connectivity index (χ0) is 18.3. The van der Waals surface area contributed by atoms with E-state index in [1.807, 2.05) is 25.1 Å². The number of nitrogens with one attached hydrogen (secondary N) is 2. The molecule has 0 aliphatic heterocycles. The van der Waals surface area contributed by atoms with Gasteiger partial charge in [0.25, 0.3) is 0 Å². The quantitative estimate of drug-likeness (QED) is 0.711. The van der Waals surface area contributed by atoms with Crippen LogP contribution in [0.15, 0.2) is 54.6 Å². The normalized spacial score (nSPS) is 12.3. The molecule has 1 atom stereocenters. The molecule has 0 aliphatic rings. The Kier molecular flexibility index (Phi) is 6.64. The molecule has 2 aromatic carbocycles. The lowest BCUT2D eigenvalue weighted by Crippen LogP contribution is -2.36. The van der Waals surface area contributed by atoms with Crippen LogP contribution in [0, 0.1) is 0 Å². The van der Waals surface area contributed by atoms with Gasteiger partial charge in [0.1, 0.15) is 5.75 Å². The summed E-state index contributed by atoms with van der Waals surface area (Å²) in [5.74, 6) is -0.270.